The Balaban J connectivity index is 0.00000221. The van der Waals surface area contributed by atoms with Gasteiger partial charge in [-0.05, 0) is 49.2 Å². The number of aromatic nitrogens is 3. The minimum absolute atomic E-state index is 0. The van der Waals surface area contributed by atoms with Crippen LogP contribution in [0.5, 0.6) is 5.75 Å². The van der Waals surface area contributed by atoms with Crippen molar-refractivity contribution in [2.24, 2.45) is 0 Å². The number of para-hydroxylation sites is 1. The molecular weight excluding hydrogens is 719 g/mol. The fourth-order valence-corrected chi connectivity index (χ4v) is 5.99. The van der Waals surface area contributed by atoms with Gasteiger partial charge in [0.05, 0.1) is 28.6 Å². The smallest absolute Gasteiger partial charge is 0.487 e. The second-order valence-electron chi connectivity index (χ2n) is 10.1. The molecule has 0 bridgehead atoms. The molecule has 1 saturated heterocycles. The van der Waals surface area contributed by atoms with Gasteiger partial charge in [-0.15, -0.1) is 0 Å². The summed E-state index contributed by atoms with van der Waals surface area (Å²) in [5, 5.41) is 7.15. The number of fused-ring (bicyclic) bond motifs is 3. The van der Waals surface area contributed by atoms with Gasteiger partial charge in [-0.25, -0.2) is 15.0 Å². The molecule has 4 aromatic rings. The zero-order valence-electron chi connectivity index (χ0n) is 25.1. The number of halogens is 1. The van der Waals surface area contributed by atoms with Crippen molar-refractivity contribution in [2.75, 3.05) is 41.8 Å². The summed E-state index contributed by atoms with van der Waals surface area (Å²) < 4.78 is 6.08. The van der Waals surface area contributed by atoms with Crippen LogP contribution in [-0.2, 0) is 4.79 Å². The van der Waals surface area contributed by atoms with E-state index in [9.17, 15) is 9.59 Å². The van der Waals surface area contributed by atoms with Crippen molar-refractivity contribution in [1.82, 2.24) is 19.9 Å². The van der Waals surface area contributed by atoms with Crippen LogP contribution in [0.4, 0.5) is 22.5 Å². The summed E-state index contributed by atoms with van der Waals surface area (Å²) >= 11 is 7.49. The third-order valence-corrected chi connectivity index (χ3v) is 8.54. The van der Waals surface area contributed by atoms with E-state index in [-0.39, 0.29) is 94.2 Å². The van der Waals surface area contributed by atoms with Crippen LogP contribution >= 0.6 is 22.9 Å². The molecule has 1 aromatic carbocycles. The van der Waals surface area contributed by atoms with Crippen molar-refractivity contribution < 1.29 is 83.2 Å². The van der Waals surface area contributed by atoms with E-state index in [1.807, 2.05) is 44.2 Å². The molecule has 1 fully saturated rings. The van der Waals surface area contributed by atoms with Crippen molar-refractivity contribution in [2.45, 2.75) is 19.9 Å². The SMILES string of the molecule is C=CC(=O)N1CCN2c3ncc(-c4ccc(C)c(Nc5ncc(C(=O)Nc6c(C)cccc6Cl)s5)n4)cc3OCC2C1.[CH3-].[Cs+]. The molecule has 3 aromatic heterocycles. The van der Waals surface area contributed by atoms with Crippen molar-refractivity contribution >= 4 is 57.2 Å². The van der Waals surface area contributed by atoms with Gasteiger partial charge in [0, 0.05) is 31.4 Å². The number of hydrogen-bond donors (Lipinski definition) is 2. The monoisotopic (exact) mass is 749 g/mol. The van der Waals surface area contributed by atoms with E-state index in [0.717, 1.165) is 22.5 Å². The van der Waals surface area contributed by atoms with E-state index >= 15 is 0 Å². The van der Waals surface area contributed by atoms with Gasteiger partial charge in [0.25, 0.3) is 5.91 Å². The normalized spacial score (nSPS) is 15.0. The van der Waals surface area contributed by atoms with Gasteiger partial charge < -0.3 is 32.6 Å². The molecule has 0 radical (unpaired) electrons. The van der Waals surface area contributed by atoms with Gasteiger partial charge in [-0.2, -0.15) is 0 Å². The van der Waals surface area contributed by atoms with Gasteiger partial charge in [0.1, 0.15) is 17.3 Å². The minimum Gasteiger partial charge on any atom is -0.487 e. The zero-order chi connectivity index (χ0) is 29.4. The Kier molecular flexibility index (Phi) is 11.6. The van der Waals surface area contributed by atoms with Crippen molar-refractivity contribution in [1.29, 1.82) is 0 Å². The number of aryl methyl sites for hydroxylation is 2. The van der Waals surface area contributed by atoms with E-state index in [0.29, 0.717) is 64.2 Å². The largest absolute Gasteiger partial charge is 1.00 e. The number of rotatable bonds is 6. The number of ether oxygens (including phenoxy) is 1. The third-order valence-electron chi connectivity index (χ3n) is 7.31. The summed E-state index contributed by atoms with van der Waals surface area (Å²) in [6.07, 6.45) is 4.66. The Morgan fingerprint density at radius 3 is 2.73 bits per heavy atom. The number of hydrogen-bond acceptors (Lipinski definition) is 9. The van der Waals surface area contributed by atoms with Crippen LogP contribution in [0, 0.1) is 21.3 Å². The van der Waals surface area contributed by atoms with Gasteiger partial charge in [-0.1, -0.05) is 47.7 Å². The molecule has 2 aliphatic rings. The van der Waals surface area contributed by atoms with E-state index in [1.54, 1.807) is 17.2 Å². The Morgan fingerprint density at radius 2 is 1.95 bits per heavy atom. The number of piperazine rings is 1. The maximum Gasteiger partial charge on any atom is 1.00 e. The minimum atomic E-state index is -0.286. The van der Waals surface area contributed by atoms with Crippen LogP contribution < -0.4 is 89.2 Å². The molecule has 0 aliphatic carbocycles. The Labute approximate surface area is 324 Å². The molecule has 222 valence electrons. The molecule has 13 heteroatoms. The number of carbonyl (C=O) groups is 2. The number of nitrogens with one attached hydrogen (secondary N) is 2. The quantitative estimate of drug-likeness (QED) is 0.229. The predicted molar refractivity (Wildman–Crippen MR) is 172 cm³/mol. The summed E-state index contributed by atoms with van der Waals surface area (Å²) in [6.45, 7) is 9.75. The fraction of sp³-hybridized carbons (Fsp3) is 0.226. The van der Waals surface area contributed by atoms with Crippen LogP contribution in [-0.4, -0.2) is 63.9 Å². The molecule has 44 heavy (non-hydrogen) atoms. The fourth-order valence-electron chi connectivity index (χ4n) is 5.01. The first-order valence-corrected chi connectivity index (χ1v) is 14.6. The van der Waals surface area contributed by atoms with E-state index < -0.39 is 0 Å². The van der Waals surface area contributed by atoms with Crippen molar-refractivity contribution in [3.8, 4) is 17.0 Å². The summed E-state index contributed by atoms with van der Waals surface area (Å²) in [4.78, 5) is 43.3. The summed E-state index contributed by atoms with van der Waals surface area (Å²) in [5.74, 6) is 1.73. The Bertz CT molecular complexity index is 1700. The standard InChI is InChI=1S/C30H28ClN7O3S.CH3.Cs/c1-4-25(39)37-10-11-38-20(15-37)16-41-23-12-19(13-32-28(23)38)22-9-8-18(3)27(34-22)36-30-33-14-24(42-30)29(40)35-26-17(2)6-5-7-21(26)31;;/h4-9,12-14,20H,1,10-11,15-16H2,2-3H3,(H,35,40)(H,33,34,36);1H3;/q;-1;+1. The molecule has 2 N–H and O–H groups in total. The van der Waals surface area contributed by atoms with Gasteiger partial charge in [-0.3, -0.25) is 9.59 Å². The molecule has 1 unspecified atom stereocenters. The molecule has 2 aliphatic heterocycles. The number of amides is 2. The maximum absolute atomic E-state index is 12.9. The van der Waals surface area contributed by atoms with Crippen molar-refractivity contribution in [3.05, 3.63) is 89.9 Å². The summed E-state index contributed by atoms with van der Waals surface area (Å²) in [7, 11) is 0. The first-order chi connectivity index (χ1) is 20.3. The van der Waals surface area contributed by atoms with Gasteiger partial charge >= 0.3 is 68.9 Å². The topological polar surface area (TPSA) is 113 Å². The first-order valence-electron chi connectivity index (χ1n) is 13.4. The number of carbonyl (C=O) groups excluding carboxylic acids is 2. The predicted octanol–water partition coefficient (Wildman–Crippen LogP) is 2.92. The second-order valence-corrected chi connectivity index (χ2v) is 11.5. The van der Waals surface area contributed by atoms with Crippen LogP contribution in [0.2, 0.25) is 5.02 Å². The average molecular weight is 750 g/mol. The van der Waals surface area contributed by atoms with Crippen LogP contribution in [0.3, 0.4) is 0 Å². The van der Waals surface area contributed by atoms with Crippen LogP contribution in [0.1, 0.15) is 20.8 Å². The number of thiazole rings is 1. The molecule has 0 spiro atoms. The summed E-state index contributed by atoms with van der Waals surface area (Å²) in [6, 6.07) is 11.4. The van der Waals surface area contributed by atoms with Gasteiger partial charge in [0.15, 0.2) is 16.7 Å². The molecule has 2 amide bonds. The molecular formula is C31H31ClCsN7O3S. The Hall–Kier alpha value is -2.43. The van der Waals surface area contributed by atoms with Crippen LogP contribution in [0.15, 0.2) is 61.4 Å². The van der Waals surface area contributed by atoms with E-state index in [1.165, 1.54) is 23.6 Å². The van der Waals surface area contributed by atoms with Gasteiger partial charge in [0.2, 0.25) is 5.91 Å². The van der Waals surface area contributed by atoms with Crippen LogP contribution in [0.25, 0.3) is 11.3 Å². The number of nitrogens with zero attached hydrogens (tertiary/aromatic N) is 5. The maximum atomic E-state index is 12.9. The Morgan fingerprint density at radius 1 is 1.14 bits per heavy atom. The molecule has 6 rings (SSSR count). The average Bonchev–Trinajstić information content (AvgIpc) is 3.47. The number of anilines is 4. The number of pyridine rings is 2. The molecule has 1 atom stereocenters. The molecule has 5 heterocycles. The molecule has 10 nitrogen and oxygen atoms in total. The van der Waals surface area contributed by atoms with Crippen molar-refractivity contribution in [3.63, 3.8) is 0 Å². The molecule has 0 saturated carbocycles. The van der Waals surface area contributed by atoms with E-state index in [2.05, 4.69) is 27.1 Å². The third kappa shape index (κ3) is 7.18. The second kappa shape index (κ2) is 14.8. The zero-order valence-corrected chi connectivity index (χ0v) is 32.9. The number of benzene rings is 1. The van der Waals surface area contributed by atoms with E-state index in [4.69, 9.17) is 26.3 Å². The summed E-state index contributed by atoms with van der Waals surface area (Å²) in [5.41, 5.74) is 3.91. The first kappa shape index (κ1) is 34.4.